The van der Waals surface area contributed by atoms with Crippen molar-refractivity contribution in [2.75, 3.05) is 0 Å². The summed E-state index contributed by atoms with van der Waals surface area (Å²) in [7, 11) is 0. The number of pyridine rings is 2. The van der Waals surface area contributed by atoms with E-state index < -0.39 is 0 Å². The summed E-state index contributed by atoms with van der Waals surface area (Å²) in [6.45, 7) is 2.42. The number of carbonyl (C=O) groups is 1. The zero-order valence-corrected chi connectivity index (χ0v) is 22.3. The Morgan fingerprint density at radius 2 is 1.82 bits per heavy atom. The lowest BCUT2D eigenvalue weighted by molar-refractivity contribution is 0.0919. The van der Waals surface area contributed by atoms with Crippen molar-refractivity contribution in [3.05, 3.63) is 100 Å². The second-order valence-electron chi connectivity index (χ2n) is 10.0. The van der Waals surface area contributed by atoms with E-state index in [2.05, 4.69) is 15.3 Å². The molecule has 0 aliphatic heterocycles. The van der Waals surface area contributed by atoms with Crippen molar-refractivity contribution in [2.24, 2.45) is 5.92 Å². The highest BCUT2D eigenvalue weighted by molar-refractivity contribution is 6.30. The number of aryl methyl sites for hydroxylation is 1. The lowest BCUT2D eigenvalue weighted by atomic mass is 9.85. The number of aromatic nitrogens is 6. The Kier molecular flexibility index (Phi) is 6.74. The van der Waals surface area contributed by atoms with Gasteiger partial charge in [0, 0.05) is 31.2 Å². The van der Waals surface area contributed by atoms with Gasteiger partial charge in [-0.15, -0.1) is 0 Å². The Morgan fingerprint density at radius 3 is 2.59 bits per heavy atom. The number of benzene rings is 1. The molecule has 1 amide bonds. The van der Waals surface area contributed by atoms with Crippen LogP contribution in [0.4, 0.5) is 0 Å². The molecule has 0 spiro atoms. The van der Waals surface area contributed by atoms with Crippen molar-refractivity contribution in [3.63, 3.8) is 0 Å². The molecular weight excluding hydrogens is 514 g/mol. The van der Waals surface area contributed by atoms with Crippen molar-refractivity contribution < 1.29 is 4.79 Å². The summed E-state index contributed by atoms with van der Waals surface area (Å²) in [5, 5.41) is 3.59. The molecule has 0 atom stereocenters. The van der Waals surface area contributed by atoms with Crippen molar-refractivity contribution in [1.29, 1.82) is 0 Å². The van der Waals surface area contributed by atoms with Gasteiger partial charge in [0.25, 0.3) is 5.91 Å². The number of fused-ring (bicyclic) bond motifs is 1. The van der Waals surface area contributed by atoms with Crippen LogP contribution in [0.25, 0.3) is 22.7 Å². The molecule has 1 aliphatic rings. The van der Waals surface area contributed by atoms with Crippen LogP contribution in [0.3, 0.4) is 0 Å². The van der Waals surface area contributed by atoms with Gasteiger partial charge in [-0.25, -0.2) is 19.3 Å². The molecule has 10 heteroatoms. The lowest BCUT2D eigenvalue weighted by Gasteiger charge is -2.29. The Hall–Kier alpha value is -4.24. The van der Waals surface area contributed by atoms with E-state index in [0.29, 0.717) is 40.4 Å². The van der Waals surface area contributed by atoms with E-state index >= 15 is 0 Å². The zero-order chi connectivity index (χ0) is 26.9. The van der Waals surface area contributed by atoms with Crippen LogP contribution in [0.2, 0.25) is 5.02 Å². The van der Waals surface area contributed by atoms with Gasteiger partial charge in [0.05, 0.1) is 27.3 Å². The third-order valence-corrected chi connectivity index (χ3v) is 7.68. The number of nitrogens with one attached hydrogen (secondary N) is 1. The third kappa shape index (κ3) is 4.97. The quantitative estimate of drug-likeness (QED) is 0.335. The minimum Gasteiger partial charge on any atom is -0.349 e. The first-order chi connectivity index (χ1) is 19.0. The maximum Gasteiger partial charge on any atom is 0.334 e. The molecule has 39 heavy (non-hydrogen) atoms. The predicted octanol–water partition coefficient (Wildman–Crippen LogP) is 4.72. The van der Waals surface area contributed by atoms with Gasteiger partial charge in [-0.05, 0) is 68.9 Å². The van der Waals surface area contributed by atoms with Gasteiger partial charge in [-0.1, -0.05) is 29.8 Å². The van der Waals surface area contributed by atoms with Crippen LogP contribution in [-0.2, 0) is 6.54 Å². The third-order valence-electron chi connectivity index (χ3n) is 7.47. The Morgan fingerprint density at radius 1 is 1.05 bits per heavy atom. The van der Waals surface area contributed by atoms with Crippen molar-refractivity contribution in [1.82, 2.24) is 34.0 Å². The highest BCUT2D eigenvalue weighted by Gasteiger charge is 2.26. The van der Waals surface area contributed by atoms with Crippen LogP contribution in [-0.4, -0.2) is 40.6 Å². The Labute approximate surface area is 230 Å². The highest BCUT2D eigenvalue weighted by Crippen LogP contribution is 2.28. The van der Waals surface area contributed by atoms with Crippen LogP contribution >= 0.6 is 11.6 Å². The molecule has 6 rings (SSSR count). The minimum absolute atomic E-state index is 0.0836. The van der Waals surface area contributed by atoms with E-state index in [9.17, 15) is 9.59 Å². The van der Waals surface area contributed by atoms with Crippen LogP contribution < -0.4 is 11.0 Å². The van der Waals surface area contributed by atoms with Gasteiger partial charge < -0.3 is 5.32 Å². The second kappa shape index (κ2) is 10.5. The number of nitrogens with zero attached hydrogens (tertiary/aromatic N) is 6. The molecule has 1 aromatic carbocycles. The lowest BCUT2D eigenvalue weighted by Crippen LogP contribution is -2.39. The molecule has 198 valence electrons. The first-order valence-electron chi connectivity index (χ1n) is 13.1. The summed E-state index contributed by atoms with van der Waals surface area (Å²) in [5.74, 6) is 1.45. The van der Waals surface area contributed by atoms with E-state index in [1.807, 2.05) is 57.8 Å². The van der Waals surface area contributed by atoms with Gasteiger partial charge >= 0.3 is 5.69 Å². The molecule has 1 N–H and O–H groups in total. The molecule has 0 saturated heterocycles. The smallest absolute Gasteiger partial charge is 0.334 e. The molecule has 1 saturated carbocycles. The number of carbonyl (C=O) groups excluding carboxylic acids is 1. The Bertz CT molecular complexity index is 1700. The zero-order valence-electron chi connectivity index (χ0n) is 21.5. The number of hydrogen-bond donors (Lipinski definition) is 1. The first-order valence-corrected chi connectivity index (χ1v) is 13.4. The maximum atomic E-state index is 13.8. The number of para-hydroxylation sites is 2. The molecule has 9 nitrogen and oxygen atoms in total. The number of rotatable bonds is 6. The molecule has 1 aliphatic carbocycles. The largest absolute Gasteiger partial charge is 0.349 e. The first kappa shape index (κ1) is 25.1. The fourth-order valence-corrected chi connectivity index (χ4v) is 5.59. The standard InChI is InChI=1S/C29H28ClN7O2/c1-19-23(15-21(30)16-32-19)28(38)33-22-11-9-20(10-12-22)17-36-24-5-2-3-6-25(24)37(29(36)39)27-8-4-7-26(34-27)35-14-13-31-18-35/h2-8,13-16,18,20,22H,9-12,17H2,1H3,(H,33,38)/t20-,22-. The average molecular weight is 542 g/mol. The van der Waals surface area contributed by atoms with Crippen molar-refractivity contribution in [3.8, 4) is 11.6 Å². The Balaban J connectivity index is 1.20. The summed E-state index contributed by atoms with van der Waals surface area (Å²) in [6.07, 6.45) is 10.3. The van der Waals surface area contributed by atoms with E-state index in [4.69, 9.17) is 16.6 Å². The summed E-state index contributed by atoms with van der Waals surface area (Å²) in [6, 6.07) is 15.2. The number of hydrogen-bond acceptors (Lipinski definition) is 5. The number of imidazole rings is 2. The maximum absolute atomic E-state index is 13.8. The van der Waals surface area contributed by atoms with Crippen LogP contribution in [0.5, 0.6) is 0 Å². The molecule has 0 bridgehead atoms. The van der Waals surface area contributed by atoms with E-state index in [0.717, 1.165) is 36.7 Å². The summed E-state index contributed by atoms with van der Waals surface area (Å²) in [4.78, 5) is 39.6. The molecule has 1 fully saturated rings. The normalized spacial score (nSPS) is 17.4. The molecule has 0 unspecified atom stereocenters. The van der Waals surface area contributed by atoms with Gasteiger partial charge in [0.1, 0.15) is 18.0 Å². The fourth-order valence-electron chi connectivity index (χ4n) is 5.43. The average Bonchev–Trinajstić information content (AvgIpc) is 3.58. The van der Waals surface area contributed by atoms with Crippen LogP contribution in [0, 0.1) is 12.8 Å². The number of amides is 1. The minimum atomic E-state index is -0.143. The SMILES string of the molecule is Cc1ncc(Cl)cc1C(=O)N[C@H]1CC[C@H](Cn2c(=O)n(-c3cccc(-n4ccnc4)n3)c3ccccc32)CC1. The molecule has 4 aromatic heterocycles. The predicted molar refractivity (Wildman–Crippen MR) is 150 cm³/mol. The fraction of sp³-hybridized carbons (Fsp3) is 0.276. The van der Waals surface area contributed by atoms with Crippen LogP contribution in [0.1, 0.15) is 41.7 Å². The van der Waals surface area contributed by atoms with Crippen molar-refractivity contribution >= 4 is 28.5 Å². The van der Waals surface area contributed by atoms with E-state index in [1.165, 1.54) is 0 Å². The van der Waals surface area contributed by atoms with E-state index in [1.54, 1.807) is 36.3 Å². The van der Waals surface area contributed by atoms with Gasteiger partial charge in [-0.3, -0.25) is 18.9 Å². The van der Waals surface area contributed by atoms with Crippen LogP contribution in [0.15, 0.2) is 78.2 Å². The number of halogens is 1. The summed E-state index contributed by atoms with van der Waals surface area (Å²) < 4.78 is 5.36. The molecule has 5 aromatic rings. The second-order valence-corrected chi connectivity index (χ2v) is 10.5. The van der Waals surface area contributed by atoms with Gasteiger partial charge in [0.15, 0.2) is 0 Å². The topological polar surface area (TPSA) is 99.6 Å². The molecular formula is C29H28ClN7O2. The monoisotopic (exact) mass is 541 g/mol. The van der Waals surface area contributed by atoms with Crippen molar-refractivity contribution in [2.45, 2.75) is 45.2 Å². The highest BCUT2D eigenvalue weighted by atomic mass is 35.5. The van der Waals surface area contributed by atoms with Gasteiger partial charge in [0.2, 0.25) is 0 Å². The van der Waals surface area contributed by atoms with E-state index in [-0.39, 0.29) is 17.6 Å². The molecule has 0 radical (unpaired) electrons. The van der Waals surface area contributed by atoms with Gasteiger partial charge in [-0.2, -0.15) is 0 Å². The summed E-state index contributed by atoms with van der Waals surface area (Å²) >= 11 is 6.05. The summed E-state index contributed by atoms with van der Waals surface area (Å²) in [5.41, 5.74) is 2.77. The molecule has 4 heterocycles.